The molecule has 25 heavy (non-hydrogen) atoms. The molecule has 2 aromatic carbocycles. The number of fused-ring (bicyclic) bond motifs is 1. The van der Waals surface area contributed by atoms with E-state index in [1.807, 2.05) is 36.4 Å². The van der Waals surface area contributed by atoms with Crippen molar-refractivity contribution in [3.8, 4) is 11.5 Å². The molecular formula is C21H25NO3. The second-order valence-corrected chi connectivity index (χ2v) is 7.03. The maximum atomic E-state index is 12.4. The number of rotatable bonds is 5. The summed E-state index contributed by atoms with van der Waals surface area (Å²) in [7, 11) is 0. The summed E-state index contributed by atoms with van der Waals surface area (Å²) in [6.45, 7) is 6.01. The summed E-state index contributed by atoms with van der Waals surface area (Å²) >= 11 is 0. The molecule has 0 spiro atoms. The Kier molecular flexibility index (Phi) is 5.27. The van der Waals surface area contributed by atoms with Crippen molar-refractivity contribution >= 4 is 5.91 Å². The molecule has 0 bridgehead atoms. The number of carbonyl (C=O) groups excluding carboxylic acids is 1. The molecule has 3 rings (SSSR count). The monoisotopic (exact) mass is 339 g/mol. The molecule has 1 amide bonds. The van der Waals surface area contributed by atoms with Crippen molar-refractivity contribution in [3.05, 3.63) is 59.7 Å². The quantitative estimate of drug-likeness (QED) is 0.900. The Bertz CT molecular complexity index is 725. The van der Waals surface area contributed by atoms with Crippen molar-refractivity contribution in [2.45, 2.75) is 38.6 Å². The number of nitrogens with one attached hydrogen (secondary N) is 1. The predicted octanol–water partition coefficient (Wildman–Crippen LogP) is 3.83. The summed E-state index contributed by atoms with van der Waals surface area (Å²) in [6, 6.07) is 16.0. The predicted molar refractivity (Wildman–Crippen MR) is 98.0 cm³/mol. The second kappa shape index (κ2) is 7.60. The van der Waals surface area contributed by atoms with Crippen LogP contribution < -0.4 is 14.8 Å². The Morgan fingerprint density at radius 3 is 2.52 bits per heavy atom. The van der Waals surface area contributed by atoms with Crippen molar-refractivity contribution in [2.24, 2.45) is 0 Å². The van der Waals surface area contributed by atoms with Gasteiger partial charge < -0.3 is 14.8 Å². The molecule has 0 fully saturated rings. The van der Waals surface area contributed by atoms with Crippen molar-refractivity contribution in [3.63, 3.8) is 0 Å². The van der Waals surface area contributed by atoms with Gasteiger partial charge in [-0.15, -0.1) is 0 Å². The molecule has 0 atom stereocenters. The molecule has 0 aromatic heterocycles. The molecule has 0 radical (unpaired) electrons. The van der Waals surface area contributed by atoms with Crippen LogP contribution in [0.25, 0.3) is 0 Å². The van der Waals surface area contributed by atoms with Crippen molar-refractivity contribution in [1.82, 2.24) is 5.32 Å². The Morgan fingerprint density at radius 1 is 1.04 bits per heavy atom. The van der Waals surface area contributed by atoms with E-state index in [2.05, 4.69) is 31.3 Å². The van der Waals surface area contributed by atoms with Crippen LogP contribution in [-0.4, -0.2) is 19.1 Å². The zero-order valence-electron chi connectivity index (χ0n) is 14.9. The largest absolute Gasteiger partial charge is 0.490 e. The molecular weight excluding hydrogens is 314 g/mol. The highest BCUT2D eigenvalue weighted by atomic mass is 16.5. The maximum Gasteiger partial charge on any atom is 0.221 e. The van der Waals surface area contributed by atoms with E-state index < -0.39 is 0 Å². The smallest absolute Gasteiger partial charge is 0.221 e. The Balaban J connectivity index is 1.58. The fourth-order valence-electron chi connectivity index (χ4n) is 2.97. The lowest BCUT2D eigenvalue weighted by atomic mass is 9.81. The average Bonchev–Trinajstić information content (AvgIpc) is 2.85. The van der Waals surface area contributed by atoms with Gasteiger partial charge in [0.1, 0.15) is 0 Å². The van der Waals surface area contributed by atoms with Crippen molar-refractivity contribution in [1.29, 1.82) is 0 Å². The molecule has 0 aliphatic carbocycles. The van der Waals surface area contributed by atoms with E-state index in [0.717, 1.165) is 23.5 Å². The third kappa shape index (κ3) is 4.53. The molecule has 2 aromatic rings. The highest BCUT2D eigenvalue weighted by Gasteiger charge is 2.24. The summed E-state index contributed by atoms with van der Waals surface area (Å²) in [6.07, 6.45) is 1.33. The van der Waals surface area contributed by atoms with E-state index in [1.54, 1.807) is 0 Å². The van der Waals surface area contributed by atoms with Gasteiger partial charge in [0.25, 0.3) is 0 Å². The van der Waals surface area contributed by atoms with Crippen LogP contribution in [0.1, 0.15) is 37.8 Å². The first-order chi connectivity index (χ1) is 12.0. The van der Waals surface area contributed by atoms with Crippen LogP contribution in [0.4, 0.5) is 0 Å². The summed E-state index contributed by atoms with van der Waals surface area (Å²) in [5.41, 5.74) is 1.98. The SMILES string of the molecule is CC(C)(CC(=O)NCc1ccc2c(c1)OCCCO2)c1ccccc1. The van der Waals surface area contributed by atoms with E-state index in [-0.39, 0.29) is 11.3 Å². The molecule has 0 saturated carbocycles. The highest BCUT2D eigenvalue weighted by molar-refractivity contribution is 5.77. The van der Waals surface area contributed by atoms with Crippen LogP contribution in [0.3, 0.4) is 0 Å². The van der Waals surface area contributed by atoms with Crippen molar-refractivity contribution in [2.75, 3.05) is 13.2 Å². The van der Waals surface area contributed by atoms with Crippen LogP contribution in [0, 0.1) is 0 Å². The molecule has 4 nitrogen and oxygen atoms in total. The van der Waals surface area contributed by atoms with Gasteiger partial charge in [-0.2, -0.15) is 0 Å². The van der Waals surface area contributed by atoms with Crippen LogP contribution in [0.5, 0.6) is 11.5 Å². The summed E-state index contributed by atoms with van der Waals surface area (Å²) in [5, 5.41) is 3.01. The Hall–Kier alpha value is -2.49. The number of benzene rings is 2. The normalized spacial score (nSPS) is 13.8. The van der Waals surface area contributed by atoms with Crippen LogP contribution in [0.15, 0.2) is 48.5 Å². The first-order valence-electron chi connectivity index (χ1n) is 8.75. The molecule has 132 valence electrons. The van der Waals surface area contributed by atoms with E-state index in [9.17, 15) is 4.79 Å². The van der Waals surface area contributed by atoms with Gasteiger partial charge in [0.2, 0.25) is 5.91 Å². The standard InChI is InChI=1S/C21H25NO3/c1-21(2,17-7-4-3-5-8-17)14-20(23)22-15-16-9-10-18-19(13-16)25-12-6-11-24-18/h3-5,7-10,13H,6,11-12,14-15H2,1-2H3,(H,22,23). The van der Waals surface area contributed by atoms with Crippen LogP contribution >= 0.6 is 0 Å². The first-order valence-corrected chi connectivity index (χ1v) is 8.75. The number of hydrogen-bond donors (Lipinski definition) is 1. The number of hydrogen-bond acceptors (Lipinski definition) is 3. The van der Waals surface area contributed by atoms with Crippen LogP contribution in [-0.2, 0) is 16.8 Å². The molecule has 0 saturated heterocycles. The number of amides is 1. The van der Waals surface area contributed by atoms with Crippen molar-refractivity contribution < 1.29 is 14.3 Å². The summed E-state index contributed by atoms with van der Waals surface area (Å²) in [4.78, 5) is 12.4. The van der Waals surface area contributed by atoms with E-state index in [1.165, 1.54) is 5.56 Å². The van der Waals surface area contributed by atoms with Gasteiger partial charge in [-0.25, -0.2) is 0 Å². The second-order valence-electron chi connectivity index (χ2n) is 7.03. The molecule has 1 heterocycles. The number of ether oxygens (including phenoxy) is 2. The lowest BCUT2D eigenvalue weighted by Gasteiger charge is -2.24. The minimum absolute atomic E-state index is 0.0426. The Morgan fingerprint density at radius 2 is 1.76 bits per heavy atom. The van der Waals surface area contributed by atoms with Gasteiger partial charge in [-0.3, -0.25) is 4.79 Å². The topological polar surface area (TPSA) is 47.6 Å². The fourth-order valence-corrected chi connectivity index (χ4v) is 2.97. The zero-order valence-corrected chi connectivity index (χ0v) is 14.9. The lowest BCUT2D eigenvalue weighted by Crippen LogP contribution is -2.30. The highest BCUT2D eigenvalue weighted by Crippen LogP contribution is 2.30. The fraction of sp³-hybridized carbons (Fsp3) is 0.381. The zero-order chi connectivity index (χ0) is 17.7. The molecule has 1 aliphatic rings. The van der Waals surface area contributed by atoms with E-state index in [0.29, 0.717) is 26.2 Å². The molecule has 1 aliphatic heterocycles. The lowest BCUT2D eigenvalue weighted by molar-refractivity contribution is -0.122. The minimum atomic E-state index is -0.198. The molecule has 1 N–H and O–H groups in total. The molecule has 0 unspecified atom stereocenters. The minimum Gasteiger partial charge on any atom is -0.490 e. The first kappa shape index (κ1) is 17.3. The maximum absolute atomic E-state index is 12.4. The van der Waals surface area contributed by atoms with Gasteiger partial charge >= 0.3 is 0 Å². The summed E-state index contributed by atoms with van der Waals surface area (Å²) in [5.74, 6) is 1.58. The van der Waals surface area contributed by atoms with E-state index in [4.69, 9.17) is 9.47 Å². The number of carbonyl (C=O) groups is 1. The third-order valence-electron chi connectivity index (χ3n) is 4.46. The van der Waals surface area contributed by atoms with Gasteiger partial charge in [-0.05, 0) is 28.7 Å². The van der Waals surface area contributed by atoms with Gasteiger partial charge in [-0.1, -0.05) is 50.2 Å². The Labute approximate surface area is 149 Å². The van der Waals surface area contributed by atoms with Gasteiger partial charge in [0.05, 0.1) is 13.2 Å². The molecule has 4 heteroatoms. The third-order valence-corrected chi connectivity index (χ3v) is 4.46. The van der Waals surface area contributed by atoms with Gasteiger partial charge in [0.15, 0.2) is 11.5 Å². The van der Waals surface area contributed by atoms with Crippen LogP contribution in [0.2, 0.25) is 0 Å². The van der Waals surface area contributed by atoms with E-state index >= 15 is 0 Å². The average molecular weight is 339 g/mol. The van der Waals surface area contributed by atoms with Gasteiger partial charge in [0, 0.05) is 19.4 Å². The summed E-state index contributed by atoms with van der Waals surface area (Å²) < 4.78 is 11.3.